The standard InChI is InChI=1S/C20H32N2O9/c1-8(2)10(15(23)21-9(3)17(25)26)22-16(24)13-11-12(29-19(4,5)28-11)14-18(27-13)31-20(6,7)30-14/h8-14,18H,1-7H3,(H,21,23)(H,22,24)(H,25,26)/t9-,10+,11+,12+,13+,14-,18+/m1/s1. The second-order valence-corrected chi connectivity index (χ2v) is 9.39. The summed E-state index contributed by atoms with van der Waals surface area (Å²) < 4.78 is 29.5. The van der Waals surface area contributed by atoms with E-state index >= 15 is 0 Å². The molecule has 3 fully saturated rings. The average Bonchev–Trinajstić information content (AvgIpc) is 3.11. The number of amides is 2. The van der Waals surface area contributed by atoms with Gasteiger partial charge in [-0.2, -0.15) is 0 Å². The molecular formula is C20H32N2O9. The van der Waals surface area contributed by atoms with Gasteiger partial charge in [-0.1, -0.05) is 13.8 Å². The highest BCUT2D eigenvalue weighted by molar-refractivity contribution is 5.91. The summed E-state index contributed by atoms with van der Waals surface area (Å²) in [7, 11) is 0. The molecule has 3 aliphatic rings. The molecule has 3 saturated heterocycles. The molecule has 7 atom stereocenters. The summed E-state index contributed by atoms with van der Waals surface area (Å²) in [6, 6.07) is -2.07. The molecule has 3 N–H and O–H groups in total. The zero-order valence-corrected chi connectivity index (χ0v) is 18.8. The van der Waals surface area contributed by atoms with E-state index in [2.05, 4.69) is 10.6 Å². The molecule has 0 aromatic rings. The van der Waals surface area contributed by atoms with Crippen molar-refractivity contribution in [2.24, 2.45) is 5.92 Å². The summed E-state index contributed by atoms with van der Waals surface area (Å²) in [6.45, 7) is 11.8. The third kappa shape index (κ3) is 5.01. The van der Waals surface area contributed by atoms with E-state index in [1.54, 1.807) is 41.5 Å². The van der Waals surface area contributed by atoms with Crippen LogP contribution in [0.5, 0.6) is 0 Å². The van der Waals surface area contributed by atoms with Gasteiger partial charge in [0.1, 0.15) is 30.4 Å². The number of carboxylic acids is 1. The number of hydrogen-bond donors (Lipinski definition) is 3. The van der Waals surface area contributed by atoms with Crippen LogP contribution in [0.3, 0.4) is 0 Å². The maximum absolute atomic E-state index is 13.2. The number of hydrogen-bond acceptors (Lipinski definition) is 8. The van der Waals surface area contributed by atoms with Crippen molar-refractivity contribution in [2.75, 3.05) is 0 Å². The van der Waals surface area contributed by atoms with Gasteiger partial charge >= 0.3 is 5.97 Å². The summed E-state index contributed by atoms with van der Waals surface area (Å²) in [6.07, 6.45) is -3.92. The highest BCUT2D eigenvalue weighted by atomic mass is 16.9. The van der Waals surface area contributed by atoms with Crippen LogP contribution >= 0.6 is 0 Å². The van der Waals surface area contributed by atoms with Gasteiger partial charge in [-0.3, -0.25) is 14.4 Å². The van der Waals surface area contributed by atoms with Crippen molar-refractivity contribution in [1.29, 1.82) is 0 Å². The van der Waals surface area contributed by atoms with E-state index in [9.17, 15) is 14.4 Å². The van der Waals surface area contributed by atoms with Crippen LogP contribution in [0, 0.1) is 5.92 Å². The first-order chi connectivity index (χ1) is 14.2. The Hall–Kier alpha value is -1.79. The molecule has 3 heterocycles. The Bertz CT molecular complexity index is 738. The number of carbonyl (C=O) groups is 3. The van der Waals surface area contributed by atoms with Gasteiger partial charge in [0.2, 0.25) is 5.91 Å². The first-order valence-corrected chi connectivity index (χ1v) is 10.4. The van der Waals surface area contributed by atoms with Gasteiger partial charge in [-0.15, -0.1) is 0 Å². The molecule has 31 heavy (non-hydrogen) atoms. The van der Waals surface area contributed by atoms with Crippen LogP contribution in [-0.2, 0) is 38.1 Å². The molecule has 0 spiro atoms. The monoisotopic (exact) mass is 444 g/mol. The summed E-state index contributed by atoms with van der Waals surface area (Å²) >= 11 is 0. The summed E-state index contributed by atoms with van der Waals surface area (Å²) in [5.74, 6) is -4.55. The van der Waals surface area contributed by atoms with Crippen molar-refractivity contribution >= 4 is 17.8 Å². The Balaban J connectivity index is 1.77. The second-order valence-electron chi connectivity index (χ2n) is 9.39. The number of rotatable bonds is 6. The minimum Gasteiger partial charge on any atom is -0.480 e. The number of aliphatic carboxylic acids is 1. The van der Waals surface area contributed by atoms with E-state index < -0.39 is 72.1 Å². The number of carbonyl (C=O) groups excluding carboxylic acids is 2. The molecule has 0 aromatic carbocycles. The van der Waals surface area contributed by atoms with E-state index in [1.807, 2.05) is 0 Å². The summed E-state index contributed by atoms with van der Waals surface area (Å²) in [4.78, 5) is 36.8. The van der Waals surface area contributed by atoms with E-state index in [0.29, 0.717) is 0 Å². The Morgan fingerprint density at radius 1 is 0.839 bits per heavy atom. The molecule has 0 aromatic heterocycles. The van der Waals surface area contributed by atoms with E-state index in [0.717, 1.165) is 0 Å². The van der Waals surface area contributed by atoms with Gasteiger partial charge in [0, 0.05) is 0 Å². The topological polar surface area (TPSA) is 142 Å². The Labute approximate surface area is 181 Å². The molecule has 0 saturated carbocycles. The fourth-order valence-electron chi connectivity index (χ4n) is 3.96. The quantitative estimate of drug-likeness (QED) is 0.520. The van der Waals surface area contributed by atoms with Crippen molar-refractivity contribution in [2.45, 2.75) is 103 Å². The molecule has 3 rings (SSSR count). The molecular weight excluding hydrogens is 412 g/mol. The van der Waals surface area contributed by atoms with E-state index in [4.69, 9.17) is 28.8 Å². The fourth-order valence-corrected chi connectivity index (χ4v) is 3.96. The van der Waals surface area contributed by atoms with Gasteiger partial charge < -0.3 is 39.4 Å². The molecule has 11 nitrogen and oxygen atoms in total. The van der Waals surface area contributed by atoms with Gasteiger partial charge in [-0.25, -0.2) is 0 Å². The second kappa shape index (κ2) is 8.28. The number of ether oxygens (including phenoxy) is 5. The largest absolute Gasteiger partial charge is 0.480 e. The zero-order chi connectivity index (χ0) is 23.3. The lowest BCUT2D eigenvalue weighted by Gasteiger charge is -2.37. The molecule has 0 radical (unpaired) electrons. The maximum atomic E-state index is 13.2. The van der Waals surface area contributed by atoms with Crippen LogP contribution < -0.4 is 10.6 Å². The molecule has 0 aliphatic carbocycles. The Morgan fingerprint density at radius 3 is 1.97 bits per heavy atom. The maximum Gasteiger partial charge on any atom is 0.325 e. The predicted octanol–water partition coefficient (Wildman–Crippen LogP) is 0.113. The molecule has 3 aliphatic heterocycles. The number of fused-ring (bicyclic) bond motifs is 3. The Morgan fingerprint density at radius 2 is 1.39 bits per heavy atom. The van der Waals surface area contributed by atoms with Crippen LogP contribution in [0.15, 0.2) is 0 Å². The van der Waals surface area contributed by atoms with Crippen molar-refractivity contribution < 1.29 is 43.2 Å². The fraction of sp³-hybridized carbons (Fsp3) is 0.850. The smallest absolute Gasteiger partial charge is 0.325 e. The molecule has 0 unspecified atom stereocenters. The van der Waals surface area contributed by atoms with Gasteiger partial charge in [0.05, 0.1) is 0 Å². The van der Waals surface area contributed by atoms with E-state index in [-0.39, 0.29) is 5.92 Å². The number of carboxylic acid groups (broad SMARTS) is 1. The van der Waals surface area contributed by atoms with Crippen molar-refractivity contribution in [3.05, 3.63) is 0 Å². The lowest BCUT2D eigenvalue weighted by atomic mass is 9.97. The number of nitrogens with one attached hydrogen (secondary N) is 2. The SMILES string of the molecule is CC(C)[C@H](NC(=O)[C@H]1O[C@H]2OC(C)(C)O[C@@H]2[C@H]2OC(C)(C)O[C@@H]21)C(=O)N[C@H](C)C(=O)O. The van der Waals surface area contributed by atoms with Crippen molar-refractivity contribution in [3.63, 3.8) is 0 Å². The summed E-state index contributed by atoms with van der Waals surface area (Å²) in [5, 5.41) is 14.1. The van der Waals surface area contributed by atoms with Crippen LogP contribution in [0.25, 0.3) is 0 Å². The Kier molecular flexibility index (Phi) is 6.38. The molecule has 2 amide bonds. The lowest BCUT2D eigenvalue weighted by molar-refractivity contribution is -0.231. The third-order valence-corrected chi connectivity index (χ3v) is 5.39. The zero-order valence-electron chi connectivity index (χ0n) is 18.8. The normalized spacial score (nSPS) is 35.0. The minimum absolute atomic E-state index is 0.306. The highest BCUT2D eigenvalue weighted by Crippen LogP contribution is 2.44. The molecule has 176 valence electrons. The van der Waals surface area contributed by atoms with Crippen molar-refractivity contribution in [1.82, 2.24) is 10.6 Å². The molecule has 0 bridgehead atoms. The molecule has 11 heteroatoms. The highest BCUT2D eigenvalue weighted by Gasteiger charge is 2.62. The van der Waals surface area contributed by atoms with Crippen LogP contribution in [0.4, 0.5) is 0 Å². The average molecular weight is 444 g/mol. The third-order valence-electron chi connectivity index (χ3n) is 5.39. The van der Waals surface area contributed by atoms with Gasteiger partial charge in [0.25, 0.3) is 5.91 Å². The van der Waals surface area contributed by atoms with Gasteiger partial charge in [0.15, 0.2) is 24.0 Å². The summed E-state index contributed by atoms with van der Waals surface area (Å²) in [5.41, 5.74) is 0. The van der Waals surface area contributed by atoms with Crippen LogP contribution in [0.2, 0.25) is 0 Å². The van der Waals surface area contributed by atoms with Crippen LogP contribution in [0.1, 0.15) is 48.5 Å². The van der Waals surface area contributed by atoms with Gasteiger partial charge in [-0.05, 0) is 40.5 Å². The van der Waals surface area contributed by atoms with Crippen molar-refractivity contribution in [3.8, 4) is 0 Å². The first kappa shape index (κ1) is 23.9. The van der Waals surface area contributed by atoms with Crippen LogP contribution in [-0.4, -0.2) is 77.3 Å². The first-order valence-electron chi connectivity index (χ1n) is 10.4. The lowest BCUT2D eigenvalue weighted by Crippen LogP contribution is -2.62. The predicted molar refractivity (Wildman–Crippen MR) is 105 cm³/mol. The minimum atomic E-state index is -1.17. The van der Waals surface area contributed by atoms with E-state index in [1.165, 1.54) is 6.92 Å².